The predicted octanol–water partition coefficient (Wildman–Crippen LogP) is 11.0. The molecule has 20 heteroatoms. The van der Waals surface area contributed by atoms with Crippen LogP contribution in [0.25, 0.3) is 20.9 Å². The minimum atomic E-state index is -5.08. The van der Waals surface area contributed by atoms with Gasteiger partial charge in [-0.05, 0) is 99.9 Å². The molecule has 17 nitrogen and oxygen atoms in total. The summed E-state index contributed by atoms with van der Waals surface area (Å²) in [4.78, 5) is 42.1. The molecule has 0 aromatic rings. The van der Waals surface area contributed by atoms with E-state index in [1.807, 2.05) is 0 Å². The first-order valence-electron chi connectivity index (χ1n) is 24.9. The molecule has 2 amide bonds. The minimum absolute atomic E-state index is 0.225. The number of aliphatic carboxylic acids is 1. The molecule has 2 aliphatic rings. The third kappa shape index (κ3) is 38.7. The lowest BCUT2D eigenvalue weighted by Crippen LogP contribution is -2.45. The Hall–Kier alpha value is -4.31. The standard InChI is InChI=1S/C43H84N14O.C2HF3O2/c44-41(50-37-39-25-26-39)48-29-17-9-1-5-13-21-33-56(35-23-15-7-3-11-19-31-52-54-46)43(58)57(36-24-16-8-4-12-20-32-53-55-47)34-22-14-6-2-10-18-30-49-42(45)51-38-40-27-28-40;3-2(4,5)1(6)7/h39-40H,1-38H2,(H3,44,48,50)(H3,45,49,51);(H,6,7). The lowest BCUT2D eigenvalue weighted by atomic mass is 10.1. The van der Waals surface area contributed by atoms with Gasteiger partial charge in [0, 0.05) is 75.3 Å². The maximum absolute atomic E-state index is 14.3. The van der Waals surface area contributed by atoms with Crippen LogP contribution in [0, 0.1) is 11.8 Å². The number of carbonyl (C=O) groups excluding carboxylic acids is 1. The van der Waals surface area contributed by atoms with Crippen molar-refractivity contribution in [1.29, 1.82) is 0 Å². The number of halogens is 3. The van der Waals surface area contributed by atoms with Crippen molar-refractivity contribution in [1.82, 2.24) is 20.4 Å². The van der Waals surface area contributed by atoms with Crippen LogP contribution in [0.3, 0.4) is 0 Å². The fraction of sp³-hybridized carbons (Fsp3) is 0.911. The summed E-state index contributed by atoms with van der Waals surface area (Å²) >= 11 is 0. The van der Waals surface area contributed by atoms with Crippen molar-refractivity contribution >= 4 is 23.9 Å². The normalized spacial score (nSPS) is 13.8. The Balaban J connectivity index is 0.00000277. The average molecular weight is 927 g/mol. The van der Waals surface area contributed by atoms with Gasteiger partial charge in [0.15, 0.2) is 11.9 Å². The van der Waals surface area contributed by atoms with Gasteiger partial charge in [-0.3, -0.25) is 9.98 Å². The summed E-state index contributed by atoms with van der Waals surface area (Å²) in [7, 11) is 0. The van der Waals surface area contributed by atoms with E-state index < -0.39 is 12.1 Å². The highest BCUT2D eigenvalue weighted by Crippen LogP contribution is 2.29. The molecule has 0 bridgehead atoms. The van der Waals surface area contributed by atoms with Crippen molar-refractivity contribution in [2.45, 2.75) is 186 Å². The molecule has 2 saturated carbocycles. The number of rotatable bonds is 40. The number of nitrogens with two attached hydrogens (primary N) is 2. The van der Waals surface area contributed by atoms with Gasteiger partial charge in [-0.2, -0.15) is 13.2 Å². The van der Waals surface area contributed by atoms with Gasteiger partial charge in [0.25, 0.3) is 0 Å². The van der Waals surface area contributed by atoms with E-state index >= 15 is 0 Å². The van der Waals surface area contributed by atoms with Gasteiger partial charge >= 0.3 is 18.2 Å². The molecule has 374 valence electrons. The van der Waals surface area contributed by atoms with Crippen LogP contribution in [-0.2, 0) is 4.79 Å². The molecule has 65 heavy (non-hydrogen) atoms. The highest BCUT2D eigenvalue weighted by atomic mass is 19.4. The number of amides is 2. The number of nitrogens with zero attached hydrogens (tertiary/aromatic N) is 10. The molecule has 0 heterocycles. The maximum Gasteiger partial charge on any atom is 0.490 e. The van der Waals surface area contributed by atoms with Gasteiger partial charge in [-0.1, -0.05) is 113 Å². The Kier molecular flexibility index (Phi) is 36.1. The van der Waals surface area contributed by atoms with Crippen LogP contribution in [0.1, 0.15) is 180 Å². The number of guanidine groups is 2. The van der Waals surface area contributed by atoms with E-state index in [-0.39, 0.29) is 6.03 Å². The van der Waals surface area contributed by atoms with Gasteiger partial charge in [0.1, 0.15) is 0 Å². The van der Waals surface area contributed by atoms with Gasteiger partial charge < -0.3 is 37.0 Å². The van der Waals surface area contributed by atoms with Crippen molar-refractivity contribution < 1.29 is 27.9 Å². The van der Waals surface area contributed by atoms with Crippen LogP contribution in [0.4, 0.5) is 18.0 Å². The molecular formula is C45H85F3N14O3. The fourth-order valence-corrected chi connectivity index (χ4v) is 7.15. The Bertz CT molecular complexity index is 1300. The number of carbonyl (C=O) groups is 2. The van der Waals surface area contributed by atoms with Crippen molar-refractivity contribution in [3.63, 3.8) is 0 Å². The zero-order valence-corrected chi connectivity index (χ0v) is 39.5. The van der Waals surface area contributed by atoms with E-state index in [0.29, 0.717) is 25.0 Å². The highest BCUT2D eigenvalue weighted by Gasteiger charge is 2.38. The van der Waals surface area contributed by atoms with Crippen LogP contribution in [0.5, 0.6) is 0 Å². The first-order chi connectivity index (χ1) is 31.5. The molecule has 0 saturated heterocycles. The van der Waals surface area contributed by atoms with Crippen molar-refractivity contribution in [2.75, 3.05) is 65.4 Å². The average Bonchev–Trinajstić information content (AvgIpc) is 4.23. The van der Waals surface area contributed by atoms with Crippen LogP contribution in [-0.4, -0.2) is 110 Å². The summed E-state index contributed by atoms with van der Waals surface area (Å²) in [6, 6.07) is 0.225. The van der Waals surface area contributed by atoms with Crippen molar-refractivity contribution in [3.05, 3.63) is 20.9 Å². The minimum Gasteiger partial charge on any atom is -0.475 e. The van der Waals surface area contributed by atoms with E-state index in [9.17, 15) is 18.0 Å². The summed E-state index contributed by atoms with van der Waals surface area (Å²) in [5, 5.41) is 21.0. The van der Waals surface area contributed by atoms with E-state index in [1.54, 1.807) is 0 Å². The number of carboxylic acids is 1. The van der Waals surface area contributed by atoms with Crippen LogP contribution in [0.2, 0.25) is 0 Å². The fourth-order valence-electron chi connectivity index (χ4n) is 7.15. The van der Waals surface area contributed by atoms with Crippen LogP contribution < -0.4 is 22.1 Å². The smallest absolute Gasteiger partial charge is 0.475 e. The summed E-state index contributed by atoms with van der Waals surface area (Å²) in [5.74, 6) is -0.0669. The number of alkyl halides is 3. The number of hydrogen-bond acceptors (Lipinski definition) is 6. The summed E-state index contributed by atoms with van der Waals surface area (Å²) in [6.07, 6.45) is 26.7. The monoisotopic (exact) mass is 927 g/mol. The molecule has 0 aromatic carbocycles. The number of unbranched alkanes of at least 4 members (excludes halogenated alkanes) is 20. The van der Waals surface area contributed by atoms with Crippen molar-refractivity contribution in [2.24, 2.45) is 43.5 Å². The lowest BCUT2D eigenvalue weighted by molar-refractivity contribution is -0.192. The number of aliphatic imine (C=N–C) groups is 2. The molecule has 0 spiro atoms. The molecule has 2 fully saturated rings. The van der Waals surface area contributed by atoms with Crippen LogP contribution >= 0.6 is 0 Å². The largest absolute Gasteiger partial charge is 0.490 e. The number of azide groups is 2. The summed E-state index contributed by atoms with van der Waals surface area (Å²) < 4.78 is 31.7. The molecule has 0 aliphatic heterocycles. The number of hydrogen-bond donors (Lipinski definition) is 5. The first-order valence-corrected chi connectivity index (χ1v) is 24.9. The number of urea groups is 1. The summed E-state index contributed by atoms with van der Waals surface area (Å²) in [5.41, 5.74) is 29.0. The third-order valence-electron chi connectivity index (χ3n) is 11.5. The second-order valence-corrected chi connectivity index (χ2v) is 17.6. The Morgan fingerprint density at radius 2 is 0.815 bits per heavy atom. The Morgan fingerprint density at radius 1 is 0.538 bits per heavy atom. The zero-order valence-electron chi connectivity index (χ0n) is 39.5. The lowest BCUT2D eigenvalue weighted by Gasteiger charge is -2.31. The van der Waals surface area contributed by atoms with Crippen molar-refractivity contribution in [3.8, 4) is 0 Å². The molecule has 7 N–H and O–H groups in total. The van der Waals surface area contributed by atoms with Gasteiger partial charge in [-0.25, -0.2) is 9.59 Å². The summed E-state index contributed by atoms with van der Waals surface area (Å²) in [6.45, 7) is 7.94. The molecule has 0 unspecified atom stereocenters. The predicted molar refractivity (Wildman–Crippen MR) is 255 cm³/mol. The van der Waals surface area contributed by atoms with E-state index in [4.69, 9.17) is 32.4 Å². The third-order valence-corrected chi connectivity index (χ3v) is 11.5. The van der Waals surface area contributed by atoms with E-state index in [0.717, 1.165) is 180 Å². The second-order valence-electron chi connectivity index (χ2n) is 17.6. The first kappa shape index (κ1) is 58.7. The molecule has 2 rings (SSSR count). The molecule has 0 aromatic heterocycles. The Labute approximate surface area is 387 Å². The molecule has 2 aliphatic carbocycles. The van der Waals surface area contributed by atoms with Crippen LogP contribution in [0.15, 0.2) is 20.2 Å². The molecule has 0 atom stereocenters. The van der Waals surface area contributed by atoms with E-state index in [1.165, 1.54) is 64.2 Å². The second kappa shape index (κ2) is 40.0. The van der Waals surface area contributed by atoms with E-state index in [2.05, 4.69) is 50.5 Å². The molecule has 0 radical (unpaired) electrons. The topological polar surface area (TPSA) is 259 Å². The zero-order chi connectivity index (χ0) is 47.6. The quantitative estimate of drug-likeness (QED) is 0.00990. The molecular weight excluding hydrogens is 842 g/mol. The highest BCUT2D eigenvalue weighted by molar-refractivity contribution is 5.78. The number of nitrogens with one attached hydrogen (secondary N) is 2. The van der Waals surface area contributed by atoms with Gasteiger partial charge in [0.05, 0.1) is 0 Å². The Morgan fingerprint density at radius 3 is 1.09 bits per heavy atom. The maximum atomic E-state index is 14.3. The SMILES string of the molecule is O=C(O)C(F)(F)F.[N-]=[N+]=NCCCCCCCCN(CCCCCCCCNC(N)=NCC1CC1)C(=O)N(CCCCCCCCN=[N+]=[N-])CCCCCCCCNC(N)=NCC1CC1. The van der Waals surface area contributed by atoms with Gasteiger partial charge in [-0.15, -0.1) is 0 Å². The number of carboxylic acid groups (broad SMARTS) is 1. The van der Waals surface area contributed by atoms with Gasteiger partial charge in [0.2, 0.25) is 0 Å².